The molecule has 1 atom stereocenters. The molecule has 0 radical (unpaired) electrons. The standard InChI is InChI=1S/C11H21N5O2/c1-3-6-11(2,12)9(17)13-7-4-5-8-14-10(18)16-15-8/h3-7,12H2,1-2H3,(H,13,17)(H2,14,15,16,18). The molecule has 1 amide bonds. The Morgan fingerprint density at radius 1 is 1.56 bits per heavy atom. The fourth-order valence-corrected chi connectivity index (χ4v) is 1.72. The predicted molar refractivity (Wildman–Crippen MR) is 68.0 cm³/mol. The minimum absolute atomic E-state index is 0.139. The van der Waals surface area contributed by atoms with Gasteiger partial charge in [-0.3, -0.25) is 9.78 Å². The SMILES string of the molecule is CCCC(C)(N)C(=O)NCCCc1n[nH]c(=O)[nH]1. The molecule has 0 saturated heterocycles. The first-order chi connectivity index (χ1) is 8.45. The van der Waals surface area contributed by atoms with Gasteiger partial charge in [0.2, 0.25) is 5.91 Å². The normalized spacial score (nSPS) is 14.2. The lowest BCUT2D eigenvalue weighted by molar-refractivity contribution is -0.126. The molecule has 5 N–H and O–H groups in total. The molecule has 1 aromatic heterocycles. The maximum atomic E-state index is 11.8. The van der Waals surface area contributed by atoms with Crippen LogP contribution in [-0.4, -0.2) is 33.2 Å². The predicted octanol–water partition coefficient (Wildman–Crippen LogP) is -0.336. The minimum Gasteiger partial charge on any atom is -0.355 e. The molecule has 0 aromatic carbocycles. The van der Waals surface area contributed by atoms with Crippen LogP contribution >= 0.6 is 0 Å². The van der Waals surface area contributed by atoms with Crippen LogP contribution in [0.5, 0.6) is 0 Å². The van der Waals surface area contributed by atoms with Crippen molar-refractivity contribution < 1.29 is 4.79 Å². The molecule has 1 rings (SSSR count). The summed E-state index contributed by atoms with van der Waals surface area (Å²) in [7, 11) is 0. The maximum absolute atomic E-state index is 11.8. The van der Waals surface area contributed by atoms with Crippen LogP contribution in [0.1, 0.15) is 38.9 Å². The van der Waals surface area contributed by atoms with E-state index in [9.17, 15) is 9.59 Å². The lowest BCUT2D eigenvalue weighted by Gasteiger charge is -2.22. The van der Waals surface area contributed by atoms with Crippen molar-refractivity contribution in [2.24, 2.45) is 5.73 Å². The van der Waals surface area contributed by atoms with Gasteiger partial charge in [0.15, 0.2) is 0 Å². The number of nitrogens with two attached hydrogens (primary N) is 1. The Morgan fingerprint density at radius 2 is 2.28 bits per heavy atom. The van der Waals surface area contributed by atoms with Crippen LogP contribution in [0.25, 0.3) is 0 Å². The van der Waals surface area contributed by atoms with E-state index in [1.807, 2.05) is 6.92 Å². The Balaban J connectivity index is 2.25. The van der Waals surface area contributed by atoms with Crippen molar-refractivity contribution >= 4 is 5.91 Å². The monoisotopic (exact) mass is 255 g/mol. The Morgan fingerprint density at radius 3 is 2.83 bits per heavy atom. The Bertz CT molecular complexity index is 435. The first-order valence-corrected chi connectivity index (χ1v) is 6.16. The van der Waals surface area contributed by atoms with Crippen molar-refractivity contribution in [1.82, 2.24) is 20.5 Å². The molecular weight excluding hydrogens is 234 g/mol. The number of amides is 1. The number of aromatic nitrogens is 3. The number of nitrogens with zero attached hydrogens (tertiary/aromatic N) is 1. The highest BCUT2D eigenvalue weighted by molar-refractivity contribution is 5.85. The highest BCUT2D eigenvalue weighted by atomic mass is 16.2. The summed E-state index contributed by atoms with van der Waals surface area (Å²) in [6.45, 7) is 4.24. The number of rotatable bonds is 7. The van der Waals surface area contributed by atoms with Gasteiger partial charge in [0, 0.05) is 13.0 Å². The van der Waals surface area contributed by atoms with E-state index < -0.39 is 5.54 Å². The van der Waals surface area contributed by atoms with E-state index in [1.165, 1.54) is 0 Å². The van der Waals surface area contributed by atoms with Crippen LogP contribution in [-0.2, 0) is 11.2 Å². The fourth-order valence-electron chi connectivity index (χ4n) is 1.72. The number of aromatic amines is 2. The Kier molecular flexibility index (Phi) is 5.08. The summed E-state index contributed by atoms with van der Waals surface area (Å²) in [4.78, 5) is 25.1. The second kappa shape index (κ2) is 6.34. The molecule has 7 heteroatoms. The largest absolute Gasteiger partial charge is 0.355 e. The summed E-state index contributed by atoms with van der Waals surface area (Å²) in [6.07, 6.45) is 2.84. The Labute approximate surface area is 106 Å². The summed E-state index contributed by atoms with van der Waals surface area (Å²) < 4.78 is 0. The molecule has 1 aromatic rings. The van der Waals surface area contributed by atoms with Gasteiger partial charge in [-0.15, -0.1) is 0 Å². The molecule has 1 unspecified atom stereocenters. The van der Waals surface area contributed by atoms with Crippen LogP contribution in [0, 0.1) is 0 Å². The molecule has 1 heterocycles. The summed E-state index contributed by atoms with van der Waals surface area (Å²) in [5.74, 6) is 0.457. The number of H-pyrrole nitrogens is 2. The van der Waals surface area contributed by atoms with Crippen molar-refractivity contribution in [2.75, 3.05) is 6.54 Å². The highest BCUT2D eigenvalue weighted by Gasteiger charge is 2.26. The molecule has 0 aliphatic carbocycles. The third kappa shape index (κ3) is 4.33. The van der Waals surface area contributed by atoms with E-state index in [4.69, 9.17) is 5.73 Å². The van der Waals surface area contributed by atoms with Gasteiger partial charge in [0.05, 0.1) is 5.54 Å². The lowest BCUT2D eigenvalue weighted by atomic mass is 9.96. The average Bonchev–Trinajstić information content (AvgIpc) is 2.70. The minimum atomic E-state index is -0.810. The van der Waals surface area contributed by atoms with Gasteiger partial charge in [0.25, 0.3) is 0 Å². The van der Waals surface area contributed by atoms with E-state index >= 15 is 0 Å². The van der Waals surface area contributed by atoms with E-state index in [2.05, 4.69) is 20.5 Å². The van der Waals surface area contributed by atoms with Crippen molar-refractivity contribution in [1.29, 1.82) is 0 Å². The number of nitrogens with one attached hydrogen (secondary N) is 3. The zero-order valence-electron chi connectivity index (χ0n) is 10.9. The first-order valence-electron chi connectivity index (χ1n) is 6.16. The maximum Gasteiger partial charge on any atom is 0.340 e. The van der Waals surface area contributed by atoms with Gasteiger partial charge >= 0.3 is 5.69 Å². The Hall–Kier alpha value is -1.63. The molecule has 102 valence electrons. The van der Waals surface area contributed by atoms with Gasteiger partial charge in [0.1, 0.15) is 5.82 Å². The third-order valence-corrected chi connectivity index (χ3v) is 2.71. The van der Waals surface area contributed by atoms with Crippen LogP contribution in [0.15, 0.2) is 4.79 Å². The van der Waals surface area contributed by atoms with E-state index in [0.717, 1.165) is 6.42 Å². The molecule has 7 nitrogen and oxygen atoms in total. The van der Waals surface area contributed by atoms with Crippen LogP contribution in [0.2, 0.25) is 0 Å². The third-order valence-electron chi connectivity index (χ3n) is 2.71. The average molecular weight is 255 g/mol. The van der Waals surface area contributed by atoms with E-state index in [-0.39, 0.29) is 11.6 Å². The second-order valence-corrected chi connectivity index (χ2v) is 4.65. The zero-order chi connectivity index (χ0) is 13.6. The smallest absolute Gasteiger partial charge is 0.340 e. The van der Waals surface area contributed by atoms with Crippen molar-refractivity contribution in [2.45, 2.75) is 45.1 Å². The lowest BCUT2D eigenvalue weighted by Crippen LogP contribution is -2.51. The number of hydrogen-bond acceptors (Lipinski definition) is 4. The van der Waals surface area contributed by atoms with Gasteiger partial charge < -0.3 is 11.1 Å². The molecule has 0 saturated carbocycles. The molecule has 0 bridgehead atoms. The molecular formula is C11H21N5O2. The van der Waals surface area contributed by atoms with E-state index in [0.29, 0.717) is 31.6 Å². The quantitative estimate of drug-likeness (QED) is 0.499. The molecule has 0 spiro atoms. The first kappa shape index (κ1) is 14.4. The summed E-state index contributed by atoms with van der Waals surface area (Å²) in [6, 6.07) is 0. The molecule has 0 fully saturated rings. The van der Waals surface area contributed by atoms with Gasteiger partial charge in [-0.2, -0.15) is 5.10 Å². The second-order valence-electron chi connectivity index (χ2n) is 4.65. The molecule has 18 heavy (non-hydrogen) atoms. The molecule has 0 aliphatic heterocycles. The number of carbonyl (C=O) groups is 1. The van der Waals surface area contributed by atoms with E-state index in [1.54, 1.807) is 6.92 Å². The summed E-state index contributed by atoms with van der Waals surface area (Å²) in [5.41, 5.74) is 4.77. The van der Waals surface area contributed by atoms with Crippen LogP contribution < -0.4 is 16.7 Å². The summed E-state index contributed by atoms with van der Waals surface area (Å²) in [5, 5.41) is 8.86. The summed E-state index contributed by atoms with van der Waals surface area (Å²) >= 11 is 0. The fraction of sp³-hybridized carbons (Fsp3) is 0.727. The van der Waals surface area contributed by atoms with Gasteiger partial charge in [-0.25, -0.2) is 9.89 Å². The van der Waals surface area contributed by atoms with Gasteiger partial charge in [-0.1, -0.05) is 13.3 Å². The van der Waals surface area contributed by atoms with Crippen LogP contribution in [0.3, 0.4) is 0 Å². The molecule has 0 aliphatic rings. The van der Waals surface area contributed by atoms with Crippen molar-refractivity contribution in [3.8, 4) is 0 Å². The van der Waals surface area contributed by atoms with Crippen LogP contribution in [0.4, 0.5) is 0 Å². The van der Waals surface area contributed by atoms with Gasteiger partial charge in [-0.05, 0) is 19.8 Å². The zero-order valence-corrected chi connectivity index (χ0v) is 10.9. The number of hydrogen-bond donors (Lipinski definition) is 4. The van der Waals surface area contributed by atoms with Crippen molar-refractivity contribution in [3.05, 3.63) is 16.3 Å². The highest BCUT2D eigenvalue weighted by Crippen LogP contribution is 2.08. The van der Waals surface area contributed by atoms with Crippen molar-refractivity contribution in [3.63, 3.8) is 0 Å². The number of carbonyl (C=O) groups excluding carboxylic acids is 1. The number of aryl methyl sites for hydroxylation is 1. The topological polar surface area (TPSA) is 117 Å².